The lowest BCUT2D eigenvalue weighted by atomic mass is 10.1. The highest BCUT2D eigenvalue weighted by molar-refractivity contribution is 5.80. The number of anilines is 1. The number of aliphatic imine (C=N–C) groups is 1. The molecule has 1 aromatic carbocycles. The molecule has 7 heteroatoms. The van der Waals surface area contributed by atoms with E-state index in [1.54, 1.807) is 7.11 Å². The van der Waals surface area contributed by atoms with Gasteiger partial charge in [0.2, 0.25) is 5.91 Å². The average molecular weight is 402 g/mol. The molecule has 3 rings (SSSR count). The third kappa shape index (κ3) is 5.34. The number of piperazine rings is 1. The number of nitrogens with one attached hydrogen (secondary N) is 1. The van der Waals surface area contributed by atoms with Gasteiger partial charge in [-0.05, 0) is 43.5 Å². The maximum absolute atomic E-state index is 12.0. The summed E-state index contributed by atoms with van der Waals surface area (Å²) in [5.74, 6) is 2.16. The number of rotatable bonds is 7. The van der Waals surface area contributed by atoms with Crippen LogP contribution in [0.15, 0.2) is 29.3 Å². The highest BCUT2D eigenvalue weighted by Crippen LogP contribution is 2.21. The lowest BCUT2D eigenvalue weighted by molar-refractivity contribution is -0.129. The van der Waals surface area contributed by atoms with Crippen LogP contribution >= 0.6 is 0 Å². The van der Waals surface area contributed by atoms with Gasteiger partial charge in [-0.15, -0.1) is 0 Å². The molecule has 0 aromatic heterocycles. The van der Waals surface area contributed by atoms with Crippen molar-refractivity contribution < 1.29 is 9.53 Å². The summed E-state index contributed by atoms with van der Waals surface area (Å²) in [6, 6.07) is 8.59. The third-order valence-electron chi connectivity index (χ3n) is 6.01. The molecule has 2 aliphatic heterocycles. The van der Waals surface area contributed by atoms with Crippen molar-refractivity contribution in [2.45, 2.75) is 38.6 Å². The normalized spacial score (nSPS) is 18.9. The van der Waals surface area contributed by atoms with Crippen LogP contribution < -0.4 is 15.0 Å². The van der Waals surface area contributed by atoms with Crippen molar-refractivity contribution in [1.29, 1.82) is 0 Å². The number of carbonyl (C=O) groups excluding carboxylic acids is 1. The fourth-order valence-electron chi connectivity index (χ4n) is 4.29. The Hall–Kier alpha value is -2.44. The first-order valence-corrected chi connectivity index (χ1v) is 10.8. The topological polar surface area (TPSA) is 60.4 Å². The van der Waals surface area contributed by atoms with Gasteiger partial charge in [-0.25, -0.2) is 0 Å². The molecule has 1 N–H and O–H groups in total. The van der Waals surface area contributed by atoms with Crippen molar-refractivity contribution in [3.63, 3.8) is 0 Å². The zero-order chi connectivity index (χ0) is 20.6. The summed E-state index contributed by atoms with van der Waals surface area (Å²) in [6.45, 7) is 7.73. The molecule has 1 atom stereocenters. The molecule has 1 unspecified atom stereocenters. The fraction of sp³-hybridized carbons (Fsp3) is 0.636. The molecule has 2 fully saturated rings. The summed E-state index contributed by atoms with van der Waals surface area (Å²) in [5.41, 5.74) is 1.23. The molecule has 1 aromatic rings. The van der Waals surface area contributed by atoms with Gasteiger partial charge < -0.3 is 24.8 Å². The maximum atomic E-state index is 12.0. The summed E-state index contributed by atoms with van der Waals surface area (Å²) in [4.78, 5) is 23.3. The molecule has 2 aliphatic rings. The van der Waals surface area contributed by atoms with Crippen molar-refractivity contribution >= 4 is 17.6 Å². The van der Waals surface area contributed by atoms with Crippen LogP contribution in [0.25, 0.3) is 0 Å². The number of hydrogen-bond acceptors (Lipinski definition) is 4. The Kier molecular flexibility index (Phi) is 7.61. The largest absolute Gasteiger partial charge is 0.497 e. The molecular formula is C22H35N5O2. The van der Waals surface area contributed by atoms with Crippen molar-refractivity contribution in [2.75, 3.05) is 58.3 Å². The van der Waals surface area contributed by atoms with Gasteiger partial charge in [-0.3, -0.25) is 9.79 Å². The highest BCUT2D eigenvalue weighted by Gasteiger charge is 2.26. The van der Waals surface area contributed by atoms with Gasteiger partial charge in [0.1, 0.15) is 5.75 Å². The van der Waals surface area contributed by atoms with Gasteiger partial charge in [-0.2, -0.15) is 0 Å². The van der Waals surface area contributed by atoms with Gasteiger partial charge in [0.15, 0.2) is 5.96 Å². The average Bonchev–Trinajstić information content (AvgIpc) is 3.20. The Morgan fingerprint density at radius 2 is 1.90 bits per heavy atom. The minimum absolute atomic E-state index is 0.316. The minimum Gasteiger partial charge on any atom is -0.497 e. The summed E-state index contributed by atoms with van der Waals surface area (Å²) in [5, 5.41) is 3.51. The second kappa shape index (κ2) is 10.4. The smallest absolute Gasteiger partial charge is 0.222 e. The molecule has 0 aliphatic carbocycles. The molecule has 2 saturated heterocycles. The van der Waals surface area contributed by atoms with Crippen molar-refractivity contribution in [1.82, 2.24) is 15.1 Å². The van der Waals surface area contributed by atoms with E-state index in [9.17, 15) is 4.79 Å². The number of nitrogens with zero attached hydrogens (tertiary/aromatic N) is 4. The molecule has 29 heavy (non-hydrogen) atoms. The van der Waals surface area contributed by atoms with Crippen LogP contribution in [-0.2, 0) is 4.79 Å². The van der Waals surface area contributed by atoms with E-state index in [-0.39, 0.29) is 0 Å². The third-order valence-corrected chi connectivity index (χ3v) is 6.01. The molecule has 0 spiro atoms. The van der Waals surface area contributed by atoms with Crippen LogP contribution in [0.3, 0.4) is 0 Å². The van der Waals surface area contributed by atoms with Crippen LogP contribution in [0.1, 0.15) is 32.6 Å². The Morgan fingerprint density at radius 3 is 2.45 bits per heavy atom. The van der Waals surface area contributed by atoms with Gasteiger partial charge in [-0.1, -0.05) is 6.92 Å². The SMILES string of the molecule is CCC(CCNC(=NC)N1CCN(c2ccc(OC)cc2)CC1)N1CCCC1=O. The lowest BCUT2D eigenvalue weighted by Crippen LogP contribution is -2.53. The summed E-state index contributed by atoms with van der Waals surface area (Å²) in [6.07, 6.45) is 3.69. The quantitative estimate of drug-likeness (QED) is 0.561. The Morgan fingerprint density at radius 1 is 1.17 bits per heavy atom. The van der Waals surface area contributed by atoms with Crippen LogP contribution in [0.5, 0.6) is 5.75 Å². The highest BCUT2D eigenvalue weighted by atomic mass is 16.5. The minimum atomic E-state index is 0.316. The Labute approximate surface area is 174 Å². The van der Waals surface area contributed by atoms with E-state index in [2.05, 4.69) is 44.1 Å². The standard InChI is InChI=1S/C22H35N5O2/c1-4-18(27-13-5-6-21(27)28)11-12-24-22(23-2)26-16-14-25(15-17-26)19-7-9-20(29-3)10-8-19/h7-10,18H,4-6,11-17H2,1-3H3,(H,23,24). The Balaban J connectivity index is 1.45. The first-order valence-electron chi connectivity index (χ1n) is 10.8. The number of likely N-dealkylation sites (tertiary alicyclic amines) is 1. The number of carbonyl (C=O) groups is 1. The fourth-order valence-corrected chi connectivity index (χ4v) is 4.29. The van der Waals surface area contributed by atoms with Crippen LogP contribution in [-0.4, -0.2) is 81.1 Å². The van der Waals surface area contributed by atoms with Gasteiger partial charge in [0.05, 0.1) is 7.11 Å². The van der Waals surface area contributed by atoms with E-state index in [0.29, 0.717) is 18.4 Å². The van der Waals surface area contributed by atoms with Gasteiger partial charge in [0, 0.05) is 64.5 Å². The van der Waals surface area contributed by atoms with Crippen LogP contribution in [0, 0.1) is 0 Å². The number of guanidine groups is 1. The first kappa shape index (κ1) is 21.3. The Bertz CT molecular complexity index is 683. The van der Waals surface area contributed by atoms with Crippen molar-refractivity contribution in [3.05, 3.63) is 24.3 Å². The van der Waals surface area contributed by atoms with Gasteiger partial charge in [0.25, 0.3) is 0 Å². The van der Waals surface area contributed by atoms with Crippen LogP contribution in [0.2, 0.25) is 0 Å². The van der Waals surface area contributed by atoms with E-state index in [1.165, 1.54) is 5.69 Å². The van der Waals surface area contributed by atoms with E-state index in [1.807, 2.05) is 19.2 Å². The molecule has 160 valence electrons. The second-order valence-corrected chi connectivity index (χ2v) is 7.69. The van der Waals surface area contributed by atoms with Crippen molar-refractivity contribution in [2.24, 2.45) is 4.99 Å². The number of hydrogen-bond donors (Lipinski definition) is 1. The van der Waals surface area contributed by atoms with E-state index in [4.69, 9.17) is 4.74 Å². The van der Waals surface area contributed by atoms with Crippen molar-refractivity contribution in [3.8, 4) is 5.75 Å². The van der Waals surface area contributed by atoms with Crippen LogP contribution in [0.4, 0.5) is 5.69 Å². The molecule has 0 radical (unpaired) electrons. The zero-order valence-corrected chi connectivity index (χ0v) is 18.1. The predicted molar refractivity (Wildman–Crippen MR) is 118 cm³/mol. The second-order valence-electron chi connectivity index (χ2n) is 7.69. The molecule has 0 bridgehead atoms. The first-order chi connectivity index (χ1) is 14.2. The monoisotopic (exact) mass is 401 g/mol. The van der Waals surface area contributed by atoms with E-state index >= 15 is 0 Å². The van der Waals surface area contributed by atoms with E-state index < -0.39 is 0 Å². The summed E-state index contributed by atoms with van der Waals surface area (Å²) in [7, 11) is 3.54. The number of amides is 1. The van der Waals surface area contributed by atoms with E-state index in [0.717, 1.165) is 70.2 Å². The number of methoxy groups -OCH3 is 1. The maximum Gasteiger partial charge on any atom is 0.222 e. The molecule has 1 amide bonds. The lowest BCUT2D eigenvalue weighted by Gasteiger charge is -2.38. The number of benzene rings is 1. The van der Waals surface area contributed by atoms with Gasteiger partial charge >= 0.3 is 0 Å². The predicted octanol–water partition coefficient (Wildman–Crippen LogP) is 2.18. The summed E-state index contributed by atoms with van der Waals surface area (Å²) < 4.78 is 5.25. The molecule has 2 heterocycles. The molecule has 0 saturated carbocycles. The number of ether oxygens (including phenoxy) is 1. The molecular weight excluding hydrogens is 366 g/mol. The molecule has 7 nitrogen and oxygen atoms in total. The summed E-state index contributed by atoms with van der Waals surface area (Å²) >= 11 is 0. The zero-order valence-electron chi connectivity index (χ0n) is 18.1.